The Balaban J connectivity index is 1.50. The molecule has 1 amide bonds. The Morgan fingerprint density at radius 1 is 0.656 bits per heavy atom. The molecular formula is C28H21N3O. The normalized spacial score (nSPS) is 10.6. The van der Waals surface area contributed by atoms with Gasteiger partial charge in [0.25, 0.3) is 5.91 Å². The first kappa shape index (κ1) is 19.5. The quantitative estimate of drug-likeness (QED) is 0.358. The van der Waals surface area contributed by atoms with Crippen LogP contribution in [0.2, 0.25) is 0 Å². The molecule has 0 spiro atoms. The van der Waals surface area contributed by atoms with Gasteiger partial charge in [0, 0.05) is 22.4 Å². The highest BCUT2D eigenvalue weighted by molar-refractivity contribution is 6.04. The number of para-hydroxylation sites is 1. The average Bonchev–Trinajstić information content (AvgIpc) is 3.31. The van der Waals surface area contributed by atoms with Gasteiger partial charge in [0.15, 0.2) is 0 Å². The van der Waals surface area contributed by atoms with E-state index in [2.05, 4.69) is 35.6 Å². The highest BCUT2D eigenvalue weighted by atomic mass is 16.1. The Kier molecular flexibility index (Phi) is 5.33. The maximum Gasteiger partial charge on any atom is 0.255 e. The standard InChI is InChI=1S/C28H21N3O/c32-28(29-24-14-8-3-9-15-24)23-16-18-25(19-17-23)31-27(22-12-6-2-7-13-22)20-26(30-31)21-10-4-1-5-11-21/h1-20H,(H,29,32). The van der Waals surface area contributed by atoms with Crippen molar-refractivity contribution in [3.8, 4) is 28.2 Å². The average molecular weight is 415 g/mol. The minimum atomic E-state index is -0.142. The van der Waals surface area contributed by atoms with Crippen molar-refractivity contribution < 1.29 is 4.79 Å². The molecule has 0 saturated heterocycles. The second-order valence-electron chi connectivity index (χ2n) is 7.43. The molecule has 5 rings (SSSR count). The number of aromatic nitrogens is 2. The van der Waals surface area contributed by atoms with Crippen LogP contribution >= 0.6 is 0 Å². The van der Waals surface area contributed by atoms with Crippen LogP contribution in [0.4, 0.5) is 5.69 Å². The first-order chi connectivity index (χ1) is 15.8. The Labute approximate surface area is 186 Å². The molecule has 32 heavy (non-hydrogen) atoms. The molecule has 0 aliphatic heterocycles. The maximum absolute atomic E-state index is 12.6. The second-order valence-corrected chi connectivity index (χ2v) is 7.43. The fourth-order valence-corrected chi connectivity index (χ4v) is 3.62. The SMILES string of the molecule is O=C(Nc1ccccc1)c1ccc(-n2nc(-c3ccccc3)cc2-c2ccccc2)cc1. The van der Waals surface area contributed by atoms with Crippen molar-refractivity contribution in [3.05, 3.63) is 127 Å². The van der Waals surface area contributed by atoms with Crippen molar-refractivity contribution in [1.29, 1.82) is 0 Å². The molecule has 0 aliphatic rings. The molecule has 4 aromatic carbocycles. The van der Waals surface area contributed by atoms with Crippen molar-refractivity contribution in [2.75, 3.05) is 5.32 Å². The van der Waals surface area contributed by atoms with E-state index in [1.165, 1.54) is 0 Å². The molecule has 1 heterocycles. The van der Waals surface area contributed by atoms with Crippen LogP contribution in [0, 0.1) is 0 Å². The number of rotatable bonds is 5. The van der Waals surface area contributed by atoms with E-state index >= 15 is 0 Å². The van der Waals surface area contributed by atoms with E-state index in [9.17, 15) is 4.79 Å². The molecule has 1 N–H and O–H groups in total. The van der Waals surface area contributed by atoms with Crippen molar-refractivity contribution in [2.45, 2.75) is 0 Å². The van der Waals surface area contributed by atoms with Crippen LogP contribution in [-0.4, -0.2) is 15.7 Å². The lowest BCUT2D eigenvalue weighted by Gasteiger charge is -2.09. The van der Waals surface area contributed by atoms with Crippen LogP contribution in [0.15, 0.2) is 121 Å². The zero-order valence-electron chi connectivity index (χ0n) is 17.3. The number of carbonyl (C=O) groups excluding carboxylic acids is 1. The fourth-order valence-electron chi connectivity index (χ4n) is 3.62. The number of nitrogens with zero attached hydrogens (tertiary/aromatic N) is 2. The van der Waals surface area contributed by atoms with Crippen LogP contribution in [-0.2, 0) is 0 Å². The first-order valence-electron chi connectivity index (χ1n) is 10.5. The summed E-state index contributed by atoms with van der Waals surface area (Å²) in [5, 5.41) is 7.80. The summed E-state index contributed by atoms with van der Waals surface area (Å²) in [6.45, 7) is 0. The van der Waals surface area contributed by atoms with Crippen molar-refractivity contribution in [2.24, 2.45) is 0 Å². The zero-order valence-corrected chi connectivity index (χ0v) is 17.3. The zero-order chi connectivity index (χ0) is 21.8. The summed E-state index contributed by atoms with van der Waals surface area (Å²) in [6.07, 6.45) is 0. The summed E-state index contributed by atoms with van der Waals surface area (Å²) in [7, 11) is 0. The largest absolute Gasteiger partial charge is 0.322 e. The number of anilines is 1. The predicted molar refractivity (Wildman–Crippen MR) is 129 cm³/mol. The van der Waals surface area contributed by atoms with E-state index in [1.54, 1.807) is 0 Å². The van der Waals surface area contributed by atoms with Gasteiger partial charge in [0.05, 0.1) is 17.1 Å². The number of hydrogen-bond donors (Lipinski definition) is 1. The summed E-state index contributed by atoms with van der Waals surface area (Å²) in [6, 6.07) is 39.4. The topological polar surface area (TPSA) is 46.9 Å². The number of benzene rings is 4. The molecule has 154 valence electrons. The van der Waals surface area contributed by atoms with E-state index in [0.29, 0.717) is 5.56 Å². The van der Waals surface area contributed by atoms with Crippen molar-refractivity contribution >= 4 is 11.6 Å². The minimum absolute atomic E-state index is 0.142. The van der Waals surface area contributed by atoms with Gasteiger partial charge in [-0.05, 0) is 42.5 Å². The number of carbonyl (C=O) groups is 1. The third-order valence-electron chi connectivity index (χ3n) is 5.25. The summed E-state index contributed by atoms with van der Waals surface area (Å²) >= 11 is 0. The molecule has 0 atom stereocenters. The van der Waals surface area contributed by atoms with Gasteiger partial charge in [-0.15, -0.1) is 0 Å². The molecular weight excluding hydrogens is 394 g/mol. The van der Waals surface area contributed by atoms with E-state index in [0.717, 1.165) is 33.9 Å². The second kappa shape index (κ2) is 8.74. The maximum atomic E-state index is 12.6. The van der Waals surface area contributed by atoms with Crippen molar-refractivity contribution in [1.82, 2.24) is 9.78 Å². The van der Waals surface area contributed by atoms with Crippen LogP contribution in [0.25, 0.3) is 28.2 Å². The molecule has 0 radical (unpaired) electrons. The van der Waals surface area contributed by atoms with Gasteiger partial charge in [-0.3, -0.25) is 4.79 Å². The molecule has 1 aromatic heterocycles. The van der Waals surface area contributed by atoms with Crippen LogP contribution in [0.5, 0.6) is 0 Å². The van der Waals surface area contributed by atoms with Gasteiger partial charge in [-0.25, -0.2) is 4.68 Å². The fraction of sp³-hybridized carbons (Fsp3) is 0. The third kappa shape index (κ3) is 4.07. The Morgan fingerprint density at radius 3 is 1.84 bits per heavy atom. The van der Waals surface area contributed by atoms with Gasteiger partial charge in [0.1, 0.15) is 0 Å². The summed E-state index contributed by atoms with van der Waals surface area (Å²) < 4.78 is 1.93. The van der Waals surface area contributed by atoms with Crippen molar-refractivity contribution in [3.63, 3.8) is 0 Å². The summed E-state index contributed by atoms with van der Waals surface area (Å²) in [5.74, 6) is -0.142. The Bertz CT molecular complexity index is 1330. The van der Waals surface area contributed by atoms with E-state index in [-0.39, 0.29) is 5.91 Å². The highest BCUT2D eigenvalue weighted by Crippen LogP contribution is 2.28. The summed E-state index contributed by atoms with van der Waals surface area (Å²) in [5.41, 5.74) is 6.28. The number of nitrogens with one attached hydrogen (secondary N) is 1. The van der Waals surface area contributed by atoms with Gasteiger partial charge in [-0.2, -0.15) is 5.10 Å². The van der Waals surface area contributed by atoms with Crippen LogP contribution < -0.4 is 5.32 Å². The molecule has 5 aromatic rings. The van der Waals surface area contributed by atoms with Gasteiger partial charge < -0.3 is 5.32 Å². The molecule has 0 aliphatic carbocycles. The molecule has 0 unspecified atom stereocenters. The van der Waals surface area contributed by atoms with Crippen LogP contribution in [0.1, 0.15) is 10.4 Å². The third-order valence-corrected chi connectivity index (χ3v) is 5.25. The smallest absolute Gasteiger partial charge is 0.255 e. The molecule has 0 bridgehead atoms. The van der Waals surface area contributed by atoms with Gasteiger partial charge in [-0.1, -0.05) is 78.9 Å². The number of hydrogen-bond acceptors (Lipinski definition) is 2. The van der Waals surface area contributed by atoms with E-state index in [4.69, 9.17) is 5.10 Å². The Hall–Kier alpha value is -4.44. The molecule has 0 saturated carbocycles. The predicted octanol–water partition coefficient (Wildman–Crippen LogP) is 6.46. The molecule has 0 fully saturated rings. The van der Waals surface area contributed by atoms with E-state index < -0.39 is 0 Å². The first-order valence-corrected chi connectivity index (χ1v) is 10.5. The Morgan fingerprint density at radius 2 is 1.22 bits per heavy atom. The molecule has 4 nitrogen and oxygen atoms in total. The monoisotopic (exact) mass is 415 g/mol. The van der Waals surface area contributed by atoms with E-state index in [1.807, 2.05) is 95.7 Å². The lowest BCUT2D eigenvalue weighted by molar-refractivity contribution is 0.102. The highest BCUT2D eigenvalue weighted by Gasteiger charge is 2.14. The number of amides is 1. The van der Waals surface area contributed by atoms with Gasteiger partial charge >= 0.3 is 0 Å². The lowest BCUT2D eigenvalue weighted by atomic mass is 10.1. The summed E-state index contributed by atoms with van der Waals surface area (Å²) in [4.78, 5) is 12.6. The van der Waals surface area contributed by atoms with Crippen LogP contribution in [0.3, 0.4) is 0 Å². The molecule has 4 heteroatoms. The lowest BCUT2D eigenvalue weighted by Crippen LogP contribution is -2.11. The van der Waals surface area contributed by atoms with Gasteiger partial charge in [0.2, 0.25) is 0 Å². The minimum Gasteiger partial charge on any atom is -0.322 e.